The minimum absolute atomic E-state index is 0.418. The van der Waals surface area contributed by atoms with Crippen LogP contribution in [0.15, 0.2) is 61.4 Å². The summed E-state index contributed by atoms with van der Waals surface area (Å²) in [5, 5.41) is 4.30. The monoisotopic (exact) mass is 337 g/mol. The molecule has 0 saturated heterocycles. The molecule has 120 valence electrons. The number of rotatable bonds is 5. The lowest BCUT2D eigenvalue weighted by Crippen LogP contribution is -2.02. The molecule has 1 aromatic carbocycles. The van der Waals surface area contributed by atoms with Crippen LogP contribution in [0.2, 0.25) is 0 Å². The summed E-state index contributed by atoms with van der Waals surface area (Å²) in [6.45, 7) is 5.45. The second-order valence-corrected chi connectivity index (χ2v) is 5.97. The van der Waals surface area contributed by atoms with E-state index in [-0.39, 0.29) is 0 Å². The first-order valence-corrected chi connectivity index (χ1v) is 8.06. The van der Waals surface area contributed by atoms with Crippen molar-refractivity contribution in [2.75, 3.05) is 5.32 Å². The molecule has 0 radical (unpaired) electrons. The number of benzene rings is 1. The van der Waals surface area contributed by atoms with Gasteiger partial charge in [0.05, 0.1) is 0 Å². The van der Waals surface area contributed by atoms with Crippen molar-refractivity contribution in [3.05, 3.63) is 67.0 Å². The molecule has 1 N–H and O–H groups in total. The lowest BCUT2D eigenvalue weighted by atomic mass is 10.2. The van der Waals surface area contributed by atoms with E-state index in [0.717, 1.165) is 22.9 Å². The number of nitrogens with one attached hydrogen (secondary N) is 1. The van der Waals surface area contributed by atoms with Crippen LogP contribution >= 0.6 is 11.3 Å². The number of hydrogen-bond acceptors (Lipinski definition) is 6. The van der Waals surface area contributed by atoms with Gasteiger partial charge < -0.3 is 10.1 Å². The SMILES string of the molecule is C=CC(=O)Oc1sc(Nc2cccc(C)c2)nc1-c1ccncc1. The lowest BCUT2D eigenvalue weighted by Gasteiger charge is -2.02. The number of carbonyl (C=O) groups is 1. The highest BCUT2D eigenvalue weighted by Crippen LogP contribution is 2.39. The molecule has 3 rings (SSSR count). The van der Waals surface area contributed by atoms with E-state index in [9.17, 15) is 4.79 Å². The number of anilines is 2. The predicted molar refractivity (Wildman–Crippen MR) is 95.6 cm³/mol. The number of ether oxygens (including phenoxy) is 1. The Morgan fingerprint density at radius 1 is 1.29 bits per heavy atom. The van der Waals surface area contributed by atoms with Crippen LogP contribution in [0.5, 0.6) is 5.06 Å². The minimum atomic E-state index is -0.518. The van der Waals surface area contributed by atoms with Crippen molar-refractivity contribution in [2.45, 2.75) is 6.92 Å². The van der Waals surface area contributed by atoms with E-state index in [1.807, 2.05) is 43.3 Å². The minimum Gasteiger partial charge on any atom is -0.410 e. The second kappa shape index (κ2) is 7.06. The first-order chi connectivity index (χ1) is 11.7. The second-order valence-electron chi connectivity index (χ2n) is 5.01. The Morgan fingerprint density at radius 2 is 2.08 bits per heavy atom. The third kappa shape index (κ3) is 3.67. The predicted octanol–water partition coefficient (Wildman–Crippen LogP) is 4.35. The first-order valence-electron chi connectivity index (χ1n) is 7.25. The van der Waals surface area contributed by atoms with Crippen molar-refractivity contribution in [1.82, 2.24) is 9.97 Å². The molecule has 0 fully saturated rings. The molecule has 0 saturated carbocycles. The molecule has 0 amide bonds. The zero-order chi connectivity index (χ0) is 16.9. The highest BCUT2D eigenvalue weighted by atomic mass is 32.1. The summed E-state index contributed by atoms with van der Waals surface area (Å²) in [4.78, 5) is 20.1. The molecule has 3 aromatic rings. The van der Waals surface area contributed by atoms with Crippen LogP contribution in [-0.4, -0.2) is 15.9 Å². The molecule has 6 heteroatoms. The molecule has 2 aromatic heterocycles. The largest absolute Gasteiger partial charge is 0.410 e. The van der Waals surface area contributed by atoms with Crippen LogP contribution in [-0.2, 0) is 4.79 Å². The highest BCUT2D eigenvalue weighted by Gasteiger charge is 2.17. The average Bonchev–Trinajstić information content (AvgIpc) is 2.97. The van der Waals surface area contributed by atoms with Crippen molar-refractivity contribution < 1.29 is 9.53 Å². The fourth-order valence-electron chi connectivity index (χ4n) is 2.10. The van der Waals surface area contributed by atoms with Crippen LogP contribution in [0.1, 0.15) is 5.56 Å². The van der Waals surface area contributed by atoms with Gasteiger partial charge in [0, 0.05) is 29.7 Å². The highest BCUT2D eigenvalue weighted by molar-refractivity contribution is 7.18. The smallest absolute Gasteiger partial charge is 0.336 e. The van der Waals surface area contributed by atoms with Crippen LogP contribution < -0.4 is 10.1 Å². The molecule has 24 heavy (non-hydrogen) atoms. The Morgan fingerprint density at radius 3 is 2.79 bits per heavy atom. The normalized spacial score (nSPS) is 10.2. The van der Waals surface area contributed by atoms with Gasteiger partial charge in [-0.25, -0.2) is 9.78 Å². The van der Waals surface area contributed by atoms with Crippen molar-refractivity contribution >= 4 is 28.1 Å². The fraction of sp³-hybridized carbons (Fsp3) is 0.0556. The summed E-state index contributed by atoms with van der Waals surface area (Å²) >= 11 is 1.27. The van der Waals surface area contributed by atoms with Crippen molar-refractivity contribution in [3.8, 4) is 16.3 Å². The molecule has 0 unspecified atom stereocenters. The number of pyridine rings is 1. The van der Waals surface area contributed by atoms with E-state index in [1.165, 1.54) is 11.3 Å². The standard InChI is InChI=1S/C18H15N3O2S/c1-3-15(22)23-17-16(13-7-9-19-10-8-13)21-18(24-17)20-14-6-4-5-12(2)11-14/h3-11H,1H2,2H3,(H,20,21). The number of esters is 1. The van der Waals surface area contributed by atoms with Gasteiger partial charge >= 0.3 is 5.97 Å². The molecule has 0 atom stereocenters. The Balaban J connectivity index is 1.96. The van der Waals surface area contributed by atoms with Gasteiger partial charge in [-0.3, -0.25) is 4.98 Å². The van der Waals surface area contributed by atoms with Crippen LogP contribution in [0, 0.1) is 6.92 Å². The maximum absolute atomic E-state index is 11.6. The Bertz CT molecular complexity index is 875. The summed E-state index contributed by atoms with van der Waals surface area (Å²) in [7, 11) is 0. The number of hydrogen-bond donors (Lipinski definition) is 1. The number of aromatic nitrogens is 2. The van der Waals surface area contributed by atoms with E-state index >= 15 is 0 Å². The number of aryl methyl sites for hydroxylation is 1. The summed E-state index contributed by atoms with van der Waals surface area (Å²) < 4.78 is 5.33. The number of nitrogens with zero attached hydrogens (tertiary/aromatic N) is 2. The van der Waals surface area contributed by atoms with E-state index in [2.05, 4.69) is 21.9 Å². The number of thiazole rings is 1. The topological polar surface area (TPSA) is 64.1 Å². The van der Waals surface area contributed by atoms with Crippen molar-refractivity contribution in [3.63, 3.8) is 0 Å². The van der Waals surface area contributed by atoms with Gasteiger partial charge in [-0.1, -0.05) is 30.0 Å². The summed E-state index contributed by atoms with van der Waals surface area (Å²) in [6.07, 6.45) is 4.46. The first kappa shape index (κ1) is 15.9. The molecule has 0 aliphatic rings. The van der Waals surface area contributed by atoms with Crippen molar-refractivity contribution in [2.24, 2.45) is 0 Å². The molecule has 2 heterocycles. The van der Waals surface area contributed by atoms with Gasteiger partial charge in [0.15, 0.2) is 5.13 Å². The molecular formula is C18H15N3O2S. The molecule has 5 nitrogen and oxygen atoms in total. The third-order valence-corrected chi connectivity index (χ3v) is 4.03. The Hall–Kier alpha value is -2.99. The summed E-state index contributed by atoms with van der Waals surface area (Å²) in [5.74, 6) is -0.518. The number of carbonyl (C=O) groups excluding carboxylic acids is 1. The molecular weight excluding hydrogens is 322 g/mol. The van der Waals surface area contributed by atoms with Crippen molar-refractivity contribution in [1.29, 1.82) is 0 Å². The molecule has 0 aliphatic carbocycles. The summed E-state index contributed by atoms with van der Waals surface area (Å²) in [6, 6.07) is 11.6. The van der Waals surface area contributed by atoms with Gasteiger partial charge in [-0.15, -0.1) is 0 Å². The third-order valence-electron chi connectivity index (χ3n) is 3.18. The van der Waals surface area contributed by atoms with Gasteiger partial charge in [-0.2, -0.15) is 0 Å². The molecule has 0 spiro atoms. The van der Waals surface area contributed by atoms with E-state index in [1.54, 1.807) is 12.4 Å². The zero-order valence-electron chi connectivity index (χ0n) is 13.0. The molecule has 0 aliphatic heterocycles. The van der Waals surface area contributed by atoms with Crippen LogP contribution in [0.4, 0.5) is 10.8 Å². The Kier molecular flexibility index (Phi) is 4.67. The van der Waals surface area contributed by atoms with Gasteiger partial charge in [0.1, 0.15) is 5.69 Å². The lowest BCUT2D eigenvalue weighted by molar-refractivity contribution is -0.128. The van der Waals surface area contributed by atoms with Gasteiger partial charge in [-0.05, 0) is 36.8 Å². The zero-order valence-corrected chi connectivity index (χ0v) is 13.8. The van der Waals surface area contributed by atoms with Crippen LogP contribution in [0.25, 0.3) is 11.3 Å². The maximum Gasteiger partial charge on any atom is 0.336 e. The fourth-order valence-corrected chi connectivity index (χ4v) is 2.97. The van der Waals surface area contributed by atoms with E-state index < -0.39 is 5.97 Å². The average molecular weight is 337 g/mol. The van der Waals surface area contributed by atoms with E-state index in [4.69, 9.17) is 4.74 Å². The van der Waals surface area contributed by atoms with Crippen LogP contribution in [0.3, 0.4) is 0 Å². The van der Waals surface area contributed by atoms with Gasteiger partial charge in [0.25, 0.3) is 0 Å². The Labute approximate surface area is 143 Å². The summed E-state index contributed by atoms with van der Waals surface area (Å²) in [5.41, 5.74) is 3.48. The maximum atomic E-state index is 11.6. The molecule has 0 bridgehead atoms. The quantitative estimate of drug-likeness (QED) is 0.554. The van der Waals surface area contributed by atoms with E-state index in [0.29, 0.717) is 15.9 Å². The van der Waals surface area contributed by atoms with Gasteiger partial charge in [0.2, 0.25) is 5.06 Å².